The summed E-state index contributed by atoms with van der Waals surface area (Å²) in [5.74, 6) is 0.834. The molecule has 0 saturated heterocycles. The Hall–Kier alpha value is -2.42. The minimum Gasteiger partial charge on any atom is -0.250 e. The van der Waals surface area contributed by atoms with Crippen LogP contribution in [-0.4, -0.2) is 25.2 Å². The number of rotatable bonds is 4. The first-order valence-electron chi connectivity index (χ1n) is 6.53. The summed E-state index contributed by atoms with van der Waals surface area (Å²) in [6.45, 7) is 0. The Kier molecular flexibility index (Phi) is 4.28. The number of tetrazole rings is 1. The van der Waals surface area contributed by atoms with E-state index in [0.717, 1.165) is 17.2 Å². The lowest BCUT2D eigenvalue weighted by Gasteiger charge is -2.09. The van der Waals surface area contributed by atoms with Crippen molar-refractivity contribution in [3.63, 3.8) is 0 Å². The highest BCUT2D eigenvalue weighted by Gasteiger charge is 2.30. The molecular weight excluding hydrogens is 327 g/mol. The van der Waals surface area contributed by atoms with E-state index in [1.165, 1.54) is 28.6 Å². The molecule has 0 spiro atoms. The molecule has 3 rings (SSSR count). The lowest BCUT2D eigenvalue weighted by Crippen LogP contribution is -2.08. The maximum absolute atomic E-state index is 12.8. The van der Waals surface area contributed by atoms with Crippen LogP contribution in [-0.2, 0) is 11.9 Å². The molecule has 0 unspecified atom stereocenters. The zero-order valence-corrected chi connectivity index (χ0v) is 12.4. The second-order valence-corrected chi connectivity index (χ2v) is 5.51. The number of hydrogen-bond acceptors (Lipinski definition) is 5. The van der Waals surface area contributed by atoms with Gasteiger partial charge in [-0.15, -0.1) is 5.10 Å². The maximum atomic E-state index is 12.8. The summed E-state index contributed by atoms with van der Waals surface area (Å²) < 4.78 is 39.7. The van der Waals surface area contributed by atoms with Gasteiger partial charge in [0.25, 0.3) is 0 Å². The molecule has 0 radical (unpaired) electrons. The number of alkyl halides is 3. The Morgan fingerprint density at radius 3 is 2.70 bits per heavy atom. The summed E-state index contributed by atoms with van der Waals surface area (Å²) >= 11 is 1.40. The molecule has 3 aromatic rings. The number of hydrogen-bond donors (Lipinski definition) is 0. The molecule has 0 amide bonds. The van der Waals surface area contributed by atoms with Crippen molar-refractivity contribution in [2.24, 2.45) is 0 Å². The van der Waals surface area contributed by atoms with Crippen LogP contribution in [0.25, 0.3) is 5.69 Å². The number of thioether (sulfide) groups is 1. The molecule has 23 heavy (non-hydrogen) atoms. The zero-order chi connectivity index (χ0) is 16.3. The Morgan fingerprint density at radius 2 is 1.96 bits per heavy atom. The quantitative estimate of drug-likeness (QED) is 0.683. The van der Waals surface area contributed by atoms with Crippen molar-refractivity contribution in [1.29, 1.82) is 0 Å². The second kappa shape index (κ2) is 6.37. The van der Waals surface area contributed by atoms with Gasteiger partial charge in [-0.2, -0.15) is 17.9 Å². The summed E-state index contributed by atoms with van der Waals surface area (Å²) in [6.07, 6.45) is -2.75. The number of nitrogens with zero attached hydrogens (tertiary/aromatic N) is 5. The fourth-order valence-corrected chi connectivity index (χ4v) is 2.65. The van der Waals surface area contributed by atoms with E-state index in [4.69, 9.17) is 0 Å². The average molecular weight is 337 g/mol. The van der Waals surface area contributed by atoms with Gasteiger partial charge < -0.3 is 0 Å². The van der Waals surface area contributed by atoms with Crippen molar-refractivity contribution in [1.82, 2.24) is 25.2 Å². The van der Waals surface area contributed by atoms with Gasteiger partial charge in [-0.25, -0.2) is 4.98 Å². The summed E-state index contributed by atoms with van der Waals surface area (Å²) in [4.78, 5) is 4.16. The van der Waals surface area contributed by atoms with Crippen molar-refractivity contribution in [3.8, 4) is 5.69 Å². The second-order valence-electron chi connectivity index (χ2n) is 4.51. The van der Waals surface area contributed by atoms with E-state index >= 15 is 0 Å². The van der Waals surface area contributed by atoms with E-state index in [1.54, 1.807) is 12.3 Å². The highest BCUT2D eigenvalue weighted by atomic mass is 32.2. The minimum absolute atomic E-state index is 0.265. The monoisotopic (exact) mass is 337 g/mol. The van der Waals surface area contributed by atoms with Crippen molar-refractivity contribution < 1.29 is 13.2 Å². The largest absolute Gasteiger partial charge is 0.416 e. The predicted octanol–water partition coefficient (Wildman–Crippen LogP) is 3.37. The molecule has 0 saturated carbocycles. The van der Waals surface area contributed by atoms with Gasteiger partial charge in [0, 0.05) is 6.20 Å². The van der Waals surface area contributed by atoms with Crippen LogP contribution in [0.4, 0.5) is 13.2 Å². The third kappa shape index (κ3) is 3.67. The van der Waals surface area contributed by atoms with Crippen LogP contribution >= 0.6 is 11.8 Å². The summed E-state index contributed by atoms with van der Waals surface area (Å²) in [6, 6.07) is 10.4. The van der Waals surface area contributed by atoms with Crippen molar-refractivity contribution in [2.45, 2.75) is 17.0 Å². The highest BCUT2D eigenvalue weighted by Crippen LogP contribution is 2.30. The fourth-order valence-electron chi connectivity index (χ4n) is 1.88. The molecule has 118 valence electrons. The molecule has 2 heterocycles. The first-order chi connectivity index (χ1) is 11.0. The Bertz CT molecular complexity index is 788. The molecule has 5 nitrogen and oxygen atoms in total. The molecule has 0 aliphatic carbocycles. The fraction of sp³-hybridized carbons (Fsp3) is 0.143. The summed E-state index contributed by atoms with van der Waals surface area (Å²) in [5.41, 5.74) is -0.477. The van der Waals surface area contributed by atoms with Crippen LogP contribution in [0, 0.1) is 0 Å². The Morgan fingerprint density at radius 1 is 1.09 bits per heavy atom. The molecule has 1 aromatic carbocycles. The molecule has 0 aliphatic rings. The van der Waals surface area contributed by atoms with Crippen LogP contribution in [0.3, 0.4) is 0 Å². The first kappa shape index (κ1) is 15.5. The zero-order valence-electron chi connectivity index (χ0n) is 11.6. The van der Waals surface area contributed by atoms with Gasteiger partial charge in [0.15, 0.2) is 5.82 Å². The van der Waals surface area contributed by atoms with E-state index in [9.17, 15) is 13.2 Å². The van der Waals surface area contributed by atoms with Gasteiger partial charge in [-0.3, -0.25) is 0 Å². The highest BCUT2D eigenvalue weighted by molar-refractivity contribution is 7.98. The van der Waals surface area contributed by atoms with Crippen LogP contribution in [0.5, 0.6) is 0 Å². The van der Waals surface area contributed by atoms with E-state index in [-0.39, 0.29) is 5.69 Å². The van der Waals surface area contributed by atoms with Crippen molar-refractivity contribution in [2.75, 3.05) is 0 Å². The maximum Gasteiger partial charge on any atom is 0.416 e. The van der Waals surface area contributed by atoms with Crippen LogP contribution < -0.4 is 0 Å². The van der Waals surface area contributed by atoms with E-state index in [1.807, 2.05) is 12.1 Å². The molecule has 2 aromatic heterocycles. The number of aromatic nitrogens is 5. The molecule has 0 atom stereocenters. The summed E-state index contributed by atoms with van der Waals surface area (Å²) in [7, 11) is 0. The molecule has 0 N–H and O–H groups in total. The molecular formula is C14H10F3N5S. The van der Waals surface area contributed by atoms with E-state index in [0.29, 0.717) is 11.6 Å². The van der Waals surface area contributed by atoms with Crippen LogP contribution in [0.15, 0.2) is 53.7 Å². The number of pyridine rings is 1. The molecule has 9 heteroatoms. The van der Waals surface area contributed by atoms with Crippen molar-refractivity contribution in [3.05, 3.63) is 60.0 Å². The van der Waals surface area contributed by atoms with Gasteiger partial charge in [-0.05, 0) is 40.8 Å². The van der Waals surface area contributed by atoms with Gasteiger partial charge in [0.1, 0.15) is 0 Å². The van der Waals surface area contributed by atoms with E-state index < -0.39 is 11.7 Å². The number of benzene rings is 1. The lowest BCUT2D eigenvalue weighted by molar-refractivity contribution is -0.137. The van der Waals surface area contributed by atoms with Gasteiger partial charge in [-0.1, -0.05) is 23.9 Å². The van der Waals surface area contributed by atoms with Gasteiger partial charge >= 0.3 is 6.18 Å². The smallest absolute Gasteiger partial charge is 0.250 e. The molecule has 0 aliphatic heterocycles. The third-order valence-electron chi connectivity index (χ3n) is 2.94. The van der Waals surface area contributed by atoms with Crippen LogP contribution in [0.2, 0.25) is 0 Å². The number of halogens is 3. The molecule has 0 fully saturated rings. The van der Waals surface area contributed by atoms with Crippen LogP contribution in [0.1, 0.15) is 11.4 Å². The Balaban J connectivity index is 1.84. The normalized spacial score (nSPS) is 11.6. The van der Waals surface area contributed by atoms with Crippen molar-refractivity contribution >= 4 is 11.8 Å². The minimum atomic E-state index is -4.41. The first-order valence-corrected chi connectivity index (χ1v) is 7.51. The molecule has 0 bridgehead atoms. The SMILES string of the molecule is FC(F)(F)c1cccc(-n2nnnc2CSc2ccccn2)c1. The van der Waals surface area contributed by atoms with E-state index in [2.05, 4.69) is 20.5 Å². The Labute approximate surface area is 133 Å². The standard InChI is InChI=1S/C14H10F3N5S/c15-14(16,17)10-4-3-5-11(8-10)22-12(19-20-21-22)9-23-13-6-1-2-7-18-13/h1-8H,9H2. The van der Waals surface area contributed by atoms with Gasteiger partial charge in [0.2, 0.25) is 0 Å². The topological polar surface area (TPSA) is 56.5 Å². The average Bonchev–Trinajstić information content (AvgIpc) is 3.02. The third-order valence-corrected chi connectivity index (χ3v) is 3.88. The van der Waals surface area contributed by atoms with Gasteiger partial charge in [0.05, 0.1) is 22.0 Å². The lowest BCUT2D eigenvalue weighted by atomic mass is 10.2. The predicted molar refractivity (Wildman–Crippen MR) is 78.0 cm³/mol. The summed E-state index contributed by atoms with van der Waals surface area (Å²) in [5, 5.41) is 12.0.